The van der Waals surface area contributed by atoms with Crippen LogP contribution in [0.1, 0.15) is 37.1 Å². The smallest absolute Gasteiger partial charge is 0.228 e. The second kappa shape index (κ2) is 11.4. The van der Waals surface area contributed by atoms with Crippen LogP contribution < -0.4 is 9.47 Å². The van der Waals surface area contributed by atoms with Gasteiger partial charge in [0, 0.05) is 36.0 Å². The van der Waals surface area contributed by atoms with Crippen molar-refractivity contribution in [2.75, 3.05) is 27.3 Å². The predicted octanol–water partition coefficient (Wildman–Crippen LogP) is 5.21. The Labute approximate surface area is 205 Å². The van der Waals surface area contributed by atoms with Crippen LogP contribution >= 0.6 is 11.6 Å². The SMILES string of the molecule is COc1ccc(CCN(CCc2nc(-c3ccc(Cl)cc3)no2)C(=O)C2CCCC2)cc1OC. The van der Waals surface area contributed by atoms with Crippen molar-refractivity contribution in [2.24, 2.45) is 5.92 Å². The molecule has 0 atom stereocenters. The van der Waals surface area contributed by atoms with Crippen LogP contribution in [-0.4, -0.2) is 48.3 Å². The highest BCUT2D eigenvalue weighted by molar-refractivity contribution is 6.30. The second-order valence-corrected chi connectivity index (χ2v) is 8.95. The number of carbonyl (C=O) groups excluding carboxylic acids is 1. The Balaban J connectivity index is 1.43. The fourth-order valence-corrected chi connectivity index (χ4v) is 4.49. The Bertz CT molecular complexity index is 1090. The number of hydrogen-bond donors (Lipinski definition) is 0. The molecular formula is C26H30ClN3O4. The van der Waals surface area contributed by atoms with E-state index in [-0.39, 0.29) is 11.8 Å². The molecule has 0 radical (unpaired) electrons. The standard InChI is InChI=1S/C26H30ClN3O4/c1-32-22-12-7-18(17-23(22)33-2)13-15-30(26(31)20-5-3-4-6-20)16-14-24-28-25(29-34-24)19-8-10-21(27)11-9-19/h7-12,17,20H,3-6,13-16H2,1-2H3. The van der Waals surface area contributed by atoms with Gasteiger partial charge in [0.1, 0.15) is 0 Å². The summed E-state index contributed by atoms with van der Waals surface area (Å²) in [5.41, 5.74) is 1.93. The van der Waals surface area contributed by atoms with Gasteiger partial charge in [0.25, 0.3) is 0 Å². The summed E-state index contributed by atoms with van der Waals surface area (Å²) < 4.78 is 16.2. The summed E-state index contributed by atoms with van der Waals surface area (Å²) >= 11 is 5.96. The molecule has 1 aliphatic rings. The van der Waals surface area contributed by atoms with Gasteiger partial charge in [0.2, 0.25) is 17.6 Å². The molecule has 2 aromatic carbocycles. The van der Waals surface area contributed by atoms with Crippen LogP contribution in [0.3, 0.4) is 0 Å². The number of halogens is 1. The molecule has 8 heteroatoms. The first-order valence-corrected chi connectivity index (χ1v) is 12.0. The van der Waals surface area contributed by atoms with E-state index in [1.54, 1.807) is 26.4 Å². The molecule has 0 unspecified atom stereocenters. The minimum Gasteiger partial charge on any atom is -0.493 e. The van der Waals surface area contributed by atoms with Crippen molar-refractivity contribution >= 4 is 17.5 Å². The normalized spacial score (nSPS) is 13.7. The van der Waals surface area contributed by atoms with Gasteiger partial charge in [-0.15, -0.1) is 0 Å². The Kier molecular flexibility index (Phi) is 8.06. The third kappa shape index (κ3) is 5.89. The van der Waals surface area contributed by atoms with Crippen molar-refractivity contribution < 1.29 is 18.8 Å². The number of rotatable bonds is 10. The van der Waals surface area contributed by atoms with E-state index < -0.39 is 0 Å². The Morgan fingerprint density at radius 1 is 1.03 bits per heavy atom. The summed E-state index contributed by atoms with van der Waals surface area (Å²) in [6.07, 6.45) is 5.39. The predicted molar refractivity (Wildman–Crippen MR) is 130 cm³/mol. The quantitative estimate of drug-likeness (QED) is 0.394. The number of methoxy groups -OCH3 is 2. The topological polar surface area (TPSA) is 77.7 Å². The zero-order chi connectivity index (χ0) is 23.9. The molecule has 0 N–H and O–H groups in total. The van der Waals surface area contributed by atoms with E-state index in [9.17, 15) is 4.79 Å². The van der Waals surface area contributed by atoms with Crippen molar-refractivity contribution in [1.29, 1.82) is 0 Å². The largest absolute Gasteiger partial charge is 0.493 e. The lowest BCUT2D eigenvalue weighted by atomic mass is 10.1. The molecule has 0 spiro atoms. The van der Waals surface area contributed by atoms with Crippen molar-refractivity contribution in [3.63, 3.8) is 0 Å². The van der Waals surface area contributed by atoms with Gasteiger partial charge in [0.05, 0.1) is 14.2 Å². The lowest BCUT2D eigenvalue weighted by Gasteiger charge is -2.25. The highest BCUT2D eigenvalue weighted by atomic mass is 35.5. The summed E-state index contributed by atoms with van der Waals surface area (Å²) in [6, 6.07) is 13.2. The van der Waals surface area contributed by atoms with Gasteiger partial charge in [-0.25, -0.2) is 0 Å². The molecule has 7 nitrogen and oxygen atoms in total. The van der Waals surface area contributed by atoms with Gasteiger partial charge in [-0.3, -0.25) is 4.79 Å². The molecule has 4 rings (SSSR count). The number of benzene rings is 2. The fraction of sp³-hybridized carbons (Fsp3) is 0.423. The average molecular weight is 484 g/mol. The van der Waals surface area contributed by atoms with Gasteiger partial charge in [0.15, 0.2) is 11.5 Å². The van der Waals surface area contributed by atoms with Crippen LogP contribution in [0, 0.1) is 5.92 Å². The van der Waals surface area contributed by atoms with Crippen LogP contribution in [0.15, 0.2) is 47.0 Å². The molecule has 1 aromatic heterocycles. The molecule has 3 aromatic rings. The summed E-state index contributed by atoms with van der Waals surface area (Å²) in [5, 5.41) is 4.74. The van der Waals surface area contributed by atoms with Gasteiger partial charge in [-0.2, -0.15) is 4.98 Å². The first-order valence-electron chi connectivity index (χ1n) is 11.7. The molecule has 180 valence electrons. The Morgan fingerprint density at radius 2 is 1.74 bits per heavy atom. The lowest BCUT2D eigenvalue weighted by Crippen LogP contribution is -2.38. The van der Waals surface area contributed by atoms with E-state index in [2.05, 4.69) is 10.1 Å². The zero-order valence-electron chi connectivity index (χ0n) is 19.6. The number of hydrogen-bond acceptors (Lipinski definition) is 6. The van der Waals surface area contributed by atoms with Crippen LogP contribution in [0.4, 0.5) is 0 Å². The molecule has 0 saturated heterocycles. The van der Waals surface area contributed by atoms with E-state index in [1.807, 2.05) is 35.2 Å². The molecule has 0 aliphatic heterocycles. The third-order valence-electron chi connectivity index (χ3n) is 6.30. The maximum atomic E-state index is 13.3. The molecule has 0 bridgehead atoms. The first kappa shape index (κ1) is 24.1. The summed E-state index contributed by atoms with van der Waals surface area (Å²) in [7, 11) is 3.25. The van der Waals surface area contributed by atoms with E-state index in [1.165, 1.54) is 0 Å². The van der Waals surface area contributed by atoms with E-state index in [4.69, 9.17) is 25.6 Å². The van der Waals surface area contributed by atoms with E-state index in [0.717, 1.165) is 43.2 Å². The maximum Gasteiger partial charge on any atom is 0.228 e. The molecule has 1 amide bonds. The monoisotopic (exact) mass is 483 g/mol. The minimum absolute atomic E-state index is 0.109. The maximum absolute atomic E-state index is 13.3. The first-order chi connectivity index (χ1) is 16.6. The van der Waals surface area contributed by atoms with Crippen molar-refractivity contribution in [3.8, 4) is 22.9 Å². The van der Waals surface area contributed by atoms with Crippen LogP contribution in [0.25, 0.3) is 11.4 Å². The number of ether oxygens (including phenoxy) is 2. The molecule has 34 heavy (non-hydrogen) atoms. The van der Waals surface area contributed by atoms with Crippen molar-refractivity contribution in [1.82, 2.24) is 15.0 Å². The van der Waals surface area contributed by atoms with Crippen molar-refractivity contribution in [2.45, 2.75) is 38.5 Å². The number of amides is 1. The lowest BCUT2D eigenvalue weighted by molar-refractivity contribution is -0.135. The third-order valence-corrected chi connectivity index (χ3v) is 6.55. The highest BCUT2D eigenvalue weighted by Gasteiger charge is 2.27. The van der Waals surface area contributed by atoms with Crippen LogP contribution in [0.5, 0.6) is 11.5 Å². The van der Waals surface area contributed by atoms with Gasteiger partial charge in [-0.05, 0) is 61.2 Å². The molecule has 1 fully saturated rings. The average Bonchev–Trinajstić information content (AvgIpc) is 3.57. The summed E-state index contributed by atoms with van der Waals surface area (Å²) in [5.74, 6) is 2.74. The van der Waals surface area contributed by atoms with Crippen molar-refractivity contribution in [3.05, 3.63) is 58.9 Å². The zero-order valence-corrected chi connectivity index (χ0v) is 20.4. The second-order valence-electron chi connectivity index (χ2n) is 8.51. The van der Waals surface area contributed by atoms with Gasteiger partial charge >= 0.3 is 0 Å². The van der Waals surface area contributed by atoms with Crippen LogP contribution in [0.2, 0.25) is 5.02 Å². The fourth-order valence-electron chi connectivity index (χ4n) is 4.37. The number of carbonyl (C=O) groups is 1. The molecule has 1 saturated carbocycles. The Hall–Kier alpha value is -3.06. The number of nitrogens with zero attached hydrogens (tertiary/aromatic N) is 3. The molecule has 1 aliphatic carbocycles. The van der Waals surface area contributed by atoms with E-state index >= 15 is 0 Å². The van der Waals surface area contributed by atoms with E-state index in [0.29, 0.717) is 47.7 Å². The summed E-state index contributed by atoms with van der Waals surface area (Å²) in [4.78, 5) is 19.7. The Morgan fingerprint density at radius 3 is 2.44 bits per heavy atom. The minimum atomic E-state index is 0.109. The van der Waals surface area contributed by atoms with Gasteiger partial charge in [-0.1, -0.05) is 35.7 Å². The van der Waals surface area contributed by atoms with Gasteiger partial charge < -0.3 is 18.9 Å². The van der Waals surface area contributed by atoms with Crippen LogP contribution in [-0.2, 0) is 17.6 Å². The summed E-state index contributed by atoms with van der Waals surface area (Å²) in [6.45, 7) is 1.15. The highest BCUT2D eigenvalue weighted by Crippen LogP contribution is 2.29. The number of aromatic nitrogens is 2. The molecule has 1 heterocycles. The molecular weight excluding hydrogens is 454 g/mol.